The molecule has 0 unspecified atom stereocenters. The Hall–Kier alpha value is -2.28. The second-order valence-electron chi connectivity index (χ2n) is 7.48. The molecule has 0 saturated heterocycles. The first-order valence-electron chi connectivity index (χ1n) is 9.87. The molecule has 0 atom stereocenters. The SMILES string of the molecule is Clc1ccc(CCNSc2cnn(Cc3cn4cc(C5CC5)ccc4n3)c2)cc1. The Bertz CT molecular complexity index is 1110. The molecule has 1 N–H and O–H groups in total. The van der Waals surface area contributed by atoms with E-state index in [1.165, 1.54) is 24.0 Å². The maximum absolute atomic E-state index is 5.92. The van der Waals surface area contributed by atoms with Gasteiger partial charge in [-0.05, 0) is 66.5 Å². The van der Waals surface area contributed by atoms with Gasteiger partial charge in [0.25, 0.3) is 0 Å². The zero-order valence-electron chi connectivity index (χ0n) is 16.0. The summed E-state index contributed by atoms with van der Waals surface area (Å²) in [5, 5.41) is 5.25. The molecule has 4 aromatic rings. The lowest BCUT2D eigenvalue weighted by Gasteiger charge is -2.03. The van der Waals surface area contributed by atoms with Crippen LogP contribution in [0.2, 0.25) is 5.02 Å². The fraction of sp³-hybridized carbons (Fsp3) is 0.273. The lowest BCUT2D eigenvalue weighted by molar-refractivity contribution is 0.675. The minimum Gasteiger partial charge on any atom is -0.306 e. The van der Waals surface area contributed by atoms with E-state index < -0.39 is 0 Å². The highest BCUT2D eigenvalue weighted by Gasteiger charge is 2.23. The van der Waals surface area contributed by atoms with Gasteiger partial charge in [-0.1, -0.05) is 29.8 Å². The van der Waals surface area contributed by atoms with Crippen LogP contribution in [0.4, 0.5) is 0 Å². The van der Waals surface area contributed by atoms with Crippen LogP contribution in [0.3, 0.4) is 0 Å². The zero-order chi connectivity index (χ0) is 19.6. The van der Waals surface area contributed by atoms with Crippen molar-refractivity contribution in [3.05, 3.63) is 83.0 Å². The summed E-state index contributed by atoms with van der Waals surface area (Å²) in [7, 11) is 0. The van der Waals surface area contributed by atoms with Gasteiger partial charge in [0, 0.05) is 30.2 Å². The maximum atomic E-state index is 5.92. The number of fused-ring (bicyclic) bond motifs is 1. The Morgan fingerprint density at radius 3 is 2.76 bits per heavy atom. The predicted octanol–water partition coefficient (Wildman–Crippen LogP) is 4.95. The quantitative estimate of drug-likeness (QED) is 0.322. The van der Waals surface area contributed by atoms with Crippen LogP contribution in [0.15, 0.2) is 66.1 Å². The van der Waals surface area contributed by atoms with Gasteiger partial charge in [0.05, 0.1) is 23.3 Å². The summed E-state index contributed by atoms with van der Waals surface area (Å²) in [5.74, 6) is 0.753. The molecular formula is C22H22ClN5S. The Morgan fingerprint density at radius 1 is 1.07 bits per heavy atom. The van der Waals surface area contributed by atoms with Crippen LogP contribution < -0.4 is 4.72 Å². The second-order valence-corrected chi connectivity index (χ2v) is 8.88. The van der Waals surface area contributed by atoms with Crippen LogP contribution in [0.5, 0.6) is 0 Å². The highest BCUT2D eigenvalue weighted by atomic mass is 35.5. The zero-order valence-corrected chi connectivity index (χ0v) is 17.5. The average Bonchev–Trinajstić information content (AvgIpc) is 3.36. The molecule has 0 spiro atoms. The Labute approximate surface area is 179 Å². The lowest BCUT2D eigenvalue weighted by Crippen LogP contribution is -2.08. The first-order valence-corrected chi connectivity index (χ1v) is 11.1. The minimum atomic E-state index is 0.672. The topological polar surface area (TPSA) is 47.2 Å². The molecule has 1 saturated carbocycles. The Kier molecular flexibility index (Phi) is 5.31. The molecule has 0 bridgehead atoms. The van der Waals surface area contributed by atoms with E-state index in [2.05, 4.69) is 57.1 Å². The number of aromatic nitrogens is 4. The number of nitrogens with zero attached hydrogens (tertiary/aromatic N) is 4. The number of rotatable bonds is 8. The monoisotopic (exact) mass is 423 g/mol. The van der Waals surface area contributed by atoms with Crippen LogP contribution in [0, 0.1) is 0 Å². The smallest absolute Gasteiger partial charge is 0.137 e. The van der Waals surface area contributed by atoms with Crippen molar-refractivity contribution in [1.29, 1.82) is 0 Å². The number of hydrogen-bond donors (Lipinski definition) is 1. The molecule has 1 aliphatic carbocycles. The van der Waals surface area contributed by atoms with Gasteiger partial charge in [-0.15, -0.1) is 0 Å². The molecule has 1 aromatic carbocycles. The fourth-order valence-electron chi connectivity index (χ4n) is 3.43. The highest BCUT2D eigenvalue weighted by molar-refractivity contribution is 7.97. The molecule has 7 heteroatoms. The summed E-state index contributed by atoms with van der Waals surface area (Å²) in [6.07, 6.45) is 11.9. The summed E-state index contributed by atoms with van der Waals surface area (Å²) < 4.78 is 7.47. The van der Waals surface area contributed by atoms with E-state index >= 15 is 0 Å². The van der Waals surface area contributed by atoms with E-state index in [0.717, 1.165) is 40.1 Å². The molecule has 0 amide bonds. The van der Waals surface area contributed by atoms with Gasteiger partial charge in [-0.3, -0.25) is 9.40 Å². The summed E-state index contributed by atoms with van der Waals surface area (Å²) in [4.78, 5) is 5.82. The fourth-order valence-corrected chi connectivity index (χ4v) is 4.20. The predicted molar refractivity (Wildman–Crippen MR) is 118 cm³/mol. The first-order chi connectivity index (χ1) is 14.2. The lowest BCUT2D eigenvalue weighted by atomic mass is 10.2. The van der Waals surface area contributed by atoms with Crippen LogP contribution >= 0.6 is 23.5 Å². The van der Waals surface area contributed by atoms with Crippen molar-refractivity contribution in [3.63, 3.8) is 0 Å². The molecule has 5 nitrogen and oxygen atoms in total. The Morgan fingerprint density at radius 2 is 1.93 bits per heavy atom. The highest BCUT2D eigenvalue weighted by Crippen LogP contribution is 2.39. The number of pyridine rings is 1. The van der Waals surface area contributed by atoms with Crippen molar-refractivity contribution < 1.29 is 0 Å². The normalized spacial score (nSPS) is 14.0. The third kappa shape index (κ3) is 4.66. The summed E-state index contributed by atoms with van der Waals surface area (Å²) in [6.45, 7) is 1.55. The molecule has 1 aliphatic rings. The Balaban J connectivity index is 1.15. The largest absolute Gasteiger partial charge is 0.306 e. The molecule has 0 radical (unpaired) electrons. The molecule has 148 valence electrons. The summed E-state index contributed by atoms with van der Waals surface area (Å²) in [5.41, 5.74) is 4.71. The molecule has 29 heavy (non-hydrogen) atoms. The van der Waals surface area contributed by atoms with Gasteiger partial charge in [0.2, 0.25) is 0 Å². The van der Waals surface area contributed by atoms with Gasteiger partial charge < -0.3 is 4.40 Å². The number of nitrogens with one attached hydrogen (secondary N) is 1. The van der Waals surface area contributed by atoms with E-state index in [0.29, 0.717) is 6.54 Å². The number of benzene rings is 1. The third-order valence-corrected chi connectivity index (χ3v) is 6.17. The molecule has 5 rings (SSSR count). The van der Waals surface area contributed by atoms with Gasteiger partial charge in [-0.2, -0.15) is 5.10 Å². The summed E-state index contributed by atoms with van der Waals surface area (Å²) in [6, 6.07) is 12.3. The third-order valence-electron chi connectivity index (χ3n) is 5.13. The van der Waals surface area contributed by atoms with E-state index in [1.54, 1.807) is 11.9 Å². The van der Waals surface area contributed by atoms with Crippen molar-refractivity contribution in [3.8, 4) is 0 Å². The van der Waals surface area contributed by atoms with Crippen LogP contribution in [-0.2, 0) is 13.0 Å². The molecule has 1 fully saturated rings. The van der Waals surface area contributed by atoms with Crippen molar-refractivity contribution >= 4 is 29.2 Å². The van der Waals surface area contributed by atoms with E-state index in [4.69, 9.17) is 16.6 Å². The van der Waals surface area contributed by atoms with Gasteiger partial charge in [0.15, 0.2) is 0 Å². The summed E-state index contributed by atoms with van der Waals surface area (Å²) >= 11 is 7.53. The van der Waals surface area contributed by atoms with Crippen molar-refractivity contribution in [1.82, 2.24) is 23.9 Å². The van der Waals surface area contributed by atoms with E-state index in [1.807, 2.05) is 23.0 Å². The van der Waals surface area contributed by atoms with E-state index in [-0.39, 0.29) is 0 Å². The van der Waals surface area contributed by atoms with Gasteiger partial charge in [-0.25, -0.2) is 4.98 Å². The van der Waals surface area contributed by atoms with Crippen molar-refractivity contribution in [2.45, 2.75) is 36.6 Å². The van der Waals surface area contributed by atoms with Crippen LogP contribution in [0.25, 0.3) is 5.65 Å². The molecular weight excluding hydrogens is 402 g/mol. The molecule has 0 aliphatic heterocycles. The molecule has 3 aromatic heterocycles. The van der Waals surface area contributed by atoms with E-state index in [9.17, 15) is 0 Å². The first kappa shape index (κ1) is 18.7. The van der Waals surface area contributed by atoms with Crippen LogP contribution in [0.1, 0.15) is 35.6 Å². The van der Waals surface area contributed by atoms with Crippen LogP contribution in [-0.4, -0.2) is 25.7 Å². The van der Waals surface area contributed by atoms with Crippen molar-refractivity contribution in [2.75, 3.05) is 6.54 Å². The average molecular weight is 424 g/mol. The van der Waals surface area contributed by atoms with Gasteiger partial charge in [0.1, 0.15) is 5.65 Å². The maximum Gasteiger partial charge on any atom is 0.137 e. The second kappa shape index (κ2) is 8.22. The standard InChI is InChI=1S/C22H22ClN5S/c23-19-6-1-16(2-7-19)9-10-25-29-21-11-24-28(15-21)14-20-13-27-12-18(17-3-4-17)5-8-22(27)26-20/h1-2,5-8,11-13,15,17,25H,3-4,9-10,14H2. The molecule has 3 heterocycles. The number of imidazole rings is 1. The van der Waals surface area contributed by atoms with Crippen molar-refractivity contribution in [2.24, 2.45) is 0 Å². The van der Waals surface area contributed by atoms with Gasteiger partial charge >= 0.3 is 0 Å². The number of halogens is 1. The minimum absolute atomic E-state index is 0.672. The number of hydrogen-bond acceptors (Lipinski definition) is 4.